The Bertz CT molecular complexity index is 267. The molecule has 1 N–H and O–H groups in total. The average molecular weight is 200 g/mol. The molecule has 0 aromatic carbocycles. The molecule has 0 saturated heterocycles. The third kappa shape index (κ3) is 1.95. The van der Waals surface area contributed by atoms with Crippen LogP contribution < -0.4 is 0 Å². The van der Waals surface area contributed by atoms with E-state index in [1.807, 2.05) is 0 Å². The van der Waals surface area contributed by atoms with Crippen LogP contribution in [0.1, 0.15) is 11.0 Å². The zero-order chi connectivity index (χ0) is 9.35. The summed E-state index contributed by atoms with van der Waals surface area (Å²) >= 11 is 0.286. The van der Waals surface area contributed by atoms with Gasteiger partial charge in [0.1, 0.15) is 0 Å². The second kappa shape index (κ2) is 3.02. The van der Waals surface area contributed by atoms with Crippen LogP contribution in [0.3, 0.4) is 0 Å². The highest BCUT2D eigenvalue weighted by Gasteiger charge is 2.40. The summed E-state index contributed by atoms with van der Waals surface area (Å²) in [6, 6.07) is 1.80. The quantitative estimate of drug-likeness (QED) is 0.690. The lowest BCUT2D eigenvalue weighted by molar-refractivity contribution is -0.205. The number of halogens is 4. The SMILES string of the molecule is OC(c1ccc(F)s1)C(F)(F)F. The van der Waals surface area contributed by atoms with Crippen LogP contribution in [0.25, 0.3) is 0 Å². The first kappa shape index (κ1) is 9.47. The Hall–Kier alpha value is -0.620. The molecule has 0 fully saturated rings. The van der Waals surface area contributed by atoms with Crippen LogP contribution in [0, 0.1) is 5.13 Å². The predicted molar refractivity (Wildman–Crippen MR) is 35.3 cm³/mol. The molecule has 0 amide bonds. The Morgan fingerprint density at radius 1 is 1.33 bits per heavy atom. The Labute approximate surface area is 69.3 Å². The maximum Gasteiger partial charge on any atom is 0.419 e. The van der Waals surface area contributed by atoms with E-state index in [2.05, 4.69) is 0 Å². The highest BCUT2D eigenvalue weighted by molar-refractivity contribution is 7.10. The second-order valence-corrected chi connectivity index (χ2v) is 3.15. The van der Waals surface area contributed by atoms with Crippen molar-refractivity contribution >= 4 is 11.3 Å². The number of rotatable bonds is 1. The van der Waals surface area contributed by atoms with Gasteiger partial charge in [-0.1, -0.05) is 0 Å². The van der Waals surface area contributed by atoms with Crippen molar-refractivity contribution in [2.45, 2.75) is 12.3 Å². The molecular formula is C6H4F4OS. The van der Waals surface area contributed by atoms with Gasteiger partial charge in [-0.2, -0.15) is 17.6 Å². The summed E-state index contributed by atoms with van der Waals surface area (Å²) in [4.78, 5) is -0.431. The van der Waals surface area contributed by atoms with Gasteiger partial charge in [0.2, 0.25) is 0 Å². The minimum absolute atomic E-state index is 0.286. The smallest absolute Gasteiger partial charge is 0.379 e. The predicted octanol–water partition coefficient (Wildman–Crippen LogP) is 2.48. The van der Waals surface area contributed by atoms with Crippen molar-refractivity contribution in [3.63, 3.8) is 0 Å². The van der Waals surface area contributed by atoms with Gasteiger partial charge in [-0.25, -0.2) is 0 Å². The van der Waals surface area contributed by atoms with Gasteiger partial charge in [-0.3, -0.25) is 0 Å². The van der Waals surface area contributed by atoms with Crippen molar-refractivity contribution in [3.8, 4) is 0 Å². The van der Waals surface area contributed by atoms with Crippen molar-refractivity contribution in [2.75, 3.05) is 0 Å². The first-order chi connectivity index (χ1) is 5.41. The fraction of sp³-hybridized carbons (Fsp3) is 0.333. The van der Waals surface area contributed by atoms with Crippen LogP contribution >= 0.6 is 11.3 Å². The Morgan fingerprint density at radius 2 is 1.92 bits per heavy atom. The van der Waals surface area contributed by atoms with Crippen LogP contribution in [0.2, 0.25) is 0 Å². The number of alkyl halides is 3. The van der Waals surface area contributed by atoms with Crippen molar-refractivity contribution < 1.29 is 22.7 Å². The number of hydrogen-bond donors (Lipinski definition) is 1. The van der Waals surface area contributed by atoms with Crippen LogP contribution in [0.5, 0.6) is 0 Å². The van der Waals surface area contributed by atoms with Crippen LogP contribution in [-0.4, -0.2) is 11.3 Å². The lowest BCUT2D eigenvalue weighted by Crippen LogP contribution is -2.18. The highest BCUT2D eigenvalue weighted by Crippen LogP contribution is 2.35. The molecule has 0 aliphatic carbocycles. The van der Waals surface area contributed by atoms with E-state index in [-0.39, 0.29) is 11.3 Å². The van der Waals surface area contributed by atoms with Gasteiger partial charge >= 0.3 is 6.18 Å². The van der Waals surface area contributed by atoms with Gasteiger partial charge in [0, 0.05) is 4.88 Å². The minimum atomic E-state index is -4.72. The summed E-state index contributed by atoms with van der Waals surface area (Å²) < 4.78 is 47.6. The zero-order valence-corrected chi connectivity index (χ0v) is 6.42. The number of thiophene rings is 1. The summed E-state index contributed by atoms with van der Waals surface area (Å²) in [6.45, 7) is 0. The lowest BCUT2D eigenvalue weighted by Gasteiger charge is -2.11. The molecule has 12 heavy (non-hydrogen) atoms. The molecule has 0 bridgehead atoms. The third-order valence-corrected chi connectivity index (χ3v) is 2.10. The van der Waals surface area contributed by atoms with E-state index in [9.17, 15) is 17.6 Å². The molecule has 1 heterocycles. The zero-order valence-electron chi connectivity index (χ0n) is 5.60. The van der Waals surface area contributed by atoms with Gasteiger partial charge in [-0.15, -0.1) is 11.3 Å². The van der Waals surface area contributed by atoms with Gasteiger partial charge < -0.3 is 5.11 Å². The van der Waals surface area contributed by atoms with Crippen molar-refractivity contribution in [1.82, 2.24) is 0 Å². The average Bonchev–Trinajstić information content (AvgIpc) is 2.32. The topological polar surface area (TPSA) is 20.2 Å². The minimum Gasteiger partial charge on any atom is -0.379 e. The van der Waals surface area contributed by atoms with Gasteiger partial charge in [-0.05, 0) is 12.1 Å². The molecule has 68 valence electrons. The molecule has 6 heteroatoms. The maximum atomic E-state index is 12.2. The highest BCUT2D eigenvalue weighted by atomic mass is 32.1. The molecule has 0 spiro atoms. The van der Waals surface area contributed by atoms with E-state index in [4.69, 9.17) is 5.11 Å². The van der Waals surface area contributed by atoms with E-state index < -0.39 is 22.3 Å². The summed E-state index contributed by atoms with van der Waals surface area (Å²) in [5.41, 5.74) is 0. The molecule has 1 rings (SSSR count). The lowest BCUT2D eigenvalue weighted by atomic mass is 10.3. The van der Waals surface area contributed by atoms with E-state index in [0.717, 1.165) is 12.1 Å². The van der Waals surface area contributed by atoms with Crippen LogP contribution in [0.4, 0.5) is 17.6 Å². The number of aliphatic hydroxyl groups is 1. The van der Waals surface area contributed by atoms with Crippen molar-refractivity contribution in [3.05, 3.63) is 22.1 Å². The molecule has 0 saturated carbocycles. The standard InChI is InChI=1S/C6H4F4OS/c7-4-2-1-3(12-4)5(11)6(8,9)10/h1-2,5,11H. The van der Waals surface area contributed by atoms with E-state index in [0.29, 0.717) is 0 Å². The Morgan fingerprint density at radius 3 is 2.25 bits per heavy atom. The maximum absolute atomic E-state index is 12.2. The largest absolute Gasteiger partial charge is 0.419 e. The van der Waals surface area contributed by atoms with Crippen LogP contribution in [-0.2, 0) is 0 Å². The normalized spacial score (nSPS) is 14.8. The molecule has 1 unspecified atom stereocenters. The molecule has 0 aliphatic heterocycles. The summed E-state index contributed by atoms with van der Waals surface area (Å²) in [5.74, 6) is 0. The fourth-order valence-corrected chi connectivity index (χ4v) is 1.38. The molecule has 1 atom stereocenters. The monoisotopic (exact) mass is 200 g/mol. The summed E-state index contributed by atoms with van der Waals surface area (Å²) in [5, 5.41) is 7.85. The van der Waals surface area contributed by atoms with E-state index >= 15 is 0 Å². The summed E-state index contributed by atoms with van der Waals surface area (Å²) in [6.07, 6.45) is -7.30. The van der Waals surface area contributed by atoms with Crippen molar-refractivity contribution in [1.29, 1.82) is 0 Å². The molecule has 1 aromatic heterocycles. The van der Waals surface area contributed by atoms with Gasteiger partial charge in [0.15, 0.2) is 11.2 Å². The second-order valence-electron chi connectivity index (χ2n) is 2.09. The third-order valence-electron chi connectivity index (χ3n) is 1.17. The van der Waals surface area contributed by atoms with Crippen LogP contribution in [0.15, 0.2) is 12.1 Å². The molecular weight excluding hydrogens is 196 g/mol. The first-order valence-corrected chi connectivity index (χ1v) is 3.73. The molecule has 0 radical (unpaired) electrons. The first-order valence-electron chi connectivity index (χ1n) is 2.91. The van der Waals surface area contributed by atoms with E-state index in [1.54, 1.807) is 0 Å². The summed E-state index contributed by atoms with van der Waals surface area (Å²) in [7, 11) is 0. The number of aliphatic hydroxyl groups excluding tert-OH is 1. The fourth-order valence-electron chi connectivity index (χ4n) is 0.637. The van der Waals surface area contributed by atoms with E-state index in [1.165, 1.54) is 0 Å². The Balaban J connectivity index is 2.85. The molecule has 0 aliphatic rings. The Kier molecular flexibility index (Phi) is 2.39. The van der Waals surface area contributed by atoms with Gasteiger partial charge in [0.25, 0.3) is 0 Å². The molecule has 1 aromatic rings. The van der Waals surface area contributed by atoms with Crippen molar-refractivity contribution in [2.24, 2.45) is 0 Å². The number of hydrogen-bond acceptors (Lipinski definition) is 2. The van der Waals surface area contributed by atoms with Gasteiger partial charge in [0.05, 0.1) is 0 Å². The molecule has 1 nitrogen and oxygen atoms in total.